The Hall–Kier alpha value is -3.39. The van der Waals surface area contributed by atoms with Gasteiger partial charge in [0.15, 0.2) is 16.5 Å². The normalized spacial score (nSPS) is 10.9. The molecule has 0 bridgehead atoms. The zero-order chi connectivity index (χ0) is 19.3. The van der Waals surface area contributed by atoms with Crippen molar-refractivity contribution in [1.29, 1.82) is 0 Å². The van der Waals surface area contributed by atoms with Gasteiger partial charge in [-0.15, -0.1) is 11.3 Å². The van der Waals surface area contributed by atoms with Gasteiger partial charge in [0.2, 0.25) is 5.91 Å². The molecule has 3 aromatic heterocycles. The van der Waals surface area contributed by atoms with Crippen molar-refractivity contribution in [3.8, 4) is 10.8 Å². The highest BCUT2D eigenvalue weighted by Crippen LogP contribution is 2.31. The summed E-state index contributed by atoms with van der Waals surface area (Å²) in [6.07, 6.45) is 1.59. The second kappa shape index (κ2) is 8.10. The van der Waals surface area contributed by atoms with Crippen LogP contribution in [0.2, 0.25) is 0 Å². The summed E-state index contributed by atoms with van der Waals surface area (Å²) in [7, 11) is 0. The highest BCUT2D eigenvalue weighted by Gasteiger charge is 2.12. The van der Waals surface area contributed by atoms with Crippen LogP contribution in [0.1, 0.15) is 22.7 Å². The van der Waals surface area contributed by atoms with Gasteiger partial charge in [-0.25, -0.2) is 4.98 Å². The van der Waals surface area contributed by atoms with Gasteiger partial charge in [-0.05, 0) is 36.4 Å². The van der Waals surface area contributed by atoms with Crippen LogP contribution in [0.4, 0.5) is 0 Å². The maximum absolute atomic E-state index is 11.9. The van der Waals surface area contributed by atoms with E-state index in [-0.39, 0.29) is 37.1 Å². The van der Waals surface area contributed by atoms with Crippen LogP contribution < -0.4 is 10.6 Å². The Labute approximate surface area is 164 Å². The first kappa shape index (κ1) is 18.0. The number of benzene rings is 1. The Morgan fingerprint density at radius 2 is 1.93 bits per heavy atom. The Balaban J connectivity index is 1.26. The molecule has 0 fully saturated rings. The van der Waals surface area contributed by atoms with E-state index in [0.717, 1.165) is 15.2 Å². The van der Waals surface area contributed by atoms with Crippen LogP contribution in [-0.4, -0.2) is 23.3 Å². The number of aromatic nitrogens is 1. The minimum atomic E-state index is -0.343. The van der Waals surface area contributed by atoms with Crippen LogP contribution in [-0.2, 0) is 11.3 Å². The molecule has 28 heavy (non-hydrogen) atoms. The van der Waals surface area contributed by atoms with Crippen LogP contribution >= 0.6 is 11.3 Å². The van der Waals surface area contributed by atoms with E-state index in [4.69, 9.17) is 8.83 Å². The van der Waals surface area contributed by atoms with Crippen LogP contribution in [0.15, 0.2) is 63.6 Å². The third-order valence-corrected chi connectivity index (χ3v) is 5.06. The minimum absolute atomic E-state index is 0.165. The lowest BCUT2D eigenvalue weighted by Crippen LogP contribution is -2.30. The van der Waals surface area contributed by atoms with E-state index in [1.807, 2.05) is 36.4 Å². The Kier molecular flexibility index (Phi) is 5.20. The smallest absolute Gasteiger partial charge is 0.286 e. The summed E-state index contributed by atoms with van der Waals surface area (Å²) < 4.78 is 11.9. The third kappa shape index (κ3) is 4.12. The standard InChI is InChI=1S/C20H17N3O4S/c24-18(9-10-21-19(25)15-5-3-11-26-15)22-12-13-7-8-16(27-13)20-23-14-4-1-2-6-17(14)28-20/h1-8,11H,9-10,12H2,(H,21,25)(H,22,24). The number of thiazole rings is 1. The van der Waals surface area contributed by atoms with E-state index >= 15 is 0 Å². The maximum atomic E-state index is 11.9. The molecular formula is C20H17N3O4S. The van der Waals surface area contributed by atoms with Gasteiger partial charge in [0, 0.05) is 13.0 Å². The average Bonchev–Trinajstić information content (AvgIpc) is 3.46. The number of amides is 2. The summed E-state index contributed by atoms with van der Waals surface area (Å²) in [6.45, 7) is 0.496. The summed E-state index contributed by atoms with van der Waals surface area (Å²) in [5.74, 6) is 1.01. The van der Waals surface area contributed by atoms with Crippen molar-refractivity contribution in [1.82, 2.24) is 15.6 Å². The number of furan rings is 2. The van der Waals surface area contributed by atoms with Gasteiger partial charge in [0.25, 0.3) is 5.91 Å². The molecule has 3 heterocycles. The fourth-order valence-electron chi connectivity index (χ4n) is 2.62. The summed E-state index contributed by atoms with van der Waals surface area (Å²) in [5.41, 5.74) is 0.936. The van der Waals surface area contributed by atoms with Crippen molar-refractivity contribution in [3.63, 3.8) is 0 Å². The van der Waals surface area contributed by atoms with Crippen LogP contribution in [0.25, 0.3) is 21.0 Å². The molecule has 2 N–H and O–H groups in total. The highest BCUT2D eigenvalue weighted by molar-refractivity contribution is 7.21. The molecule has 0 unspecified atom stereocenters. The first-order valence-corrected chi connectivity index (χ1v) is 9.54. The van der Waals surface area contributed by atoms with Gasteiger partial charge in [0.05, 0.1) is 23.0 Å². The number of fused-ring (bicyclic) bond motifs is 1. The molecule has 0 saturated heterocycles. The highest BCUT2D eigenvalue weighted by atomic mass is 32.1. The molecule has 4 aromatic rings. The molecule has 0 aliphatic carbocycles. The molecule has 1 aromatic carbocycles. The fourth-order valence-corrected chi connectivity index (χ4v) is 3.55. The summed E-state index contributed by atoms with van der Waals surface area (Å²) in [4.78, 5) is 28.2. The van der Waals surface area contributed by atoms with Gasteiger partial charge in [-0.3, -0.25) is 9.59 Å². The van der Waals surface area contributed by atoms with Crippen molar-refractivity contribution in [3.05, 3.63) is 66.3 Å². The van der Waals surface area contributed by atoms with Crippen LogP contribution in [0.5, 0.6) is 0 Å². The van der Waals surface area contributed by atoms with E-state index in [1.54, 1.807) is 23.5 Å². The lowest BCUT2D eigenvalue weighted by molar-refractivity contribution is -0.121. The molecule has 142 valence electrons. The first-order chi connectivity index (χ1) is 13.7. The second-order valence-electron chi connectivity index (χ2n) is 6.01. The van der Waals surface area contributed by atoms with Crippen molar-refractivity contribution >= 4 is 33.4 Å². The zero-order valence-corrected chi connectivity index (χ0v) is 15.6. The molecule has 0 radical (unpaired) electrons. The largest absolute Gasteiger partial charge is 0.459 e. The molecule has 7 nitrogen and oxygen atoms in total. The Bertz CT molecular complexity index is 1060. The molecule has 4 rings (SSSR count). The van der Waals surface area contributed by atoms with Crippen LogP contribution in [0.3, 0.4) is 0 Å². The molecule has 0 saturated carbocycles. The van der Waals surface area contributed by atoms with E-state index in [0.29, 0.717) is 11.5 Å². The quantitative estimate of drug-likeness (QED) is 0.498. The van der Waals surface area contributed by atoms with Crippen molar-refractivity contribution in [2.75, 3.05) is 6.54 Å². The summed E-state index contributed by atoms with van der Waals surface area (Å²) in [6, 6.07) is 14.8. The molecule has 0 atom stereocenters. The predicted octanol–water partition coefficient (Wildman–Crippen LogP) is 3.59. The monoisotopic (exact) mass is 395 g/mol. The maximum Gasteiger partial charge on any atom is 0.286 e. The summed E-state index contributed by atoms with van der Waals surface area (Å²) in [5, 5.41) is 6.21. The fraction of sp³-hybridized carbons (Fsp3) is 0.150. The van der Waals surface area contributed by atoms with E-state index in [9.17, 15) is 9.59 Å². The number of para-hydroxylation sites is 1. The Morgan fingerprint density at radius 3 is 2.75 bits per heavy atom. The van der Waals surface area contributed by atoms with Crippen LogP contribution in [0, 0.1) is 0 Å². The number of hydrogen-bond acceptors (Lipinski definition) is 6. The minimum Gasteiger partial charge on any atom is -0.459 e. The zero-order valence-electron chi connectivity index (χ0n) is 14.8. The number of rotatable bonds is 7. The lowest BCUT2D eigenvalue weighted by atomic mass is 10.3. The van der Waals surface area contributed by atoms with Crippen molar-refractivity contribution < 1.29 is 18.4 Å². The second-order valence-corrected chi connectivity index (χ2v) is 7.04. The molecule has 8 heteroatoms. The van der Waals surface area contributed by atoms with Gasteiger partial charge in [0.1, 0.15) is 5.76 Å². The SMILES string of the molecule is O=C(CCNC(=O)c1ccco1)NCc1ccc(-c2nc3ccccc3s2)o1. The van der Waals surface area contributed by atoms with Crippen molar-refractivity contribution in [2.24, 2.45) is 0 Å². The first-order valence-electron chi connectivity index (χ1n) is 8.72. The van der Waals surface area contributed by atoms with Crippen molar-refractivity contribution in [2.45, 2.75) is 13.0 Å². The van der Waals surface area contributed by atoms with E-state index in [1.165, 1.54) is 6.26 Å². The van der Waals surface area contributed by atoms with E-state index < -0.39 is 0 Å². The van der Waals surface area contributed by atoms with Gasteiger partial charge in [-0.2, -0.15) is 0 Å². The molecule has 0 spiro atoms. The average molecular weight is 395 g/mol. The summed E-state index contributed by atoms with van der Waals surface area (Å²) >= 11 is 1.56. The van der Waals surface area contributed by atoms with E-state index in [2.05, 4.69) is 15.6 Å². The van der Waals surface area contributed by atoms with Gasteiger partial charge < -0.3 is 19.5 Å². The third-order valence-electron chi connectivity index (χ3n) is 4.01. The number of hydrogen-bond donors (Lipinski definition) is 2. The number of nitrogens with zero attached hydrogens (tertiary/aromatic N) is 1. The number of carbonyl (C=O) groups excluding carboxylic acids is 2. The molecule has 2 amide bonds. The Morgan fingerprint density at radius 1 is 1.04 bits per heavy atom. The number of carbonyl (C=O) groups is 2. The number of nitrogens with one attached hydrogen (secondary N) is 2. The molecule has 0 aliphatic heterocycles. The predicted molar refractivity (Wildman–Crippen MR) is 105 cm³/mol. The van der Waals surface area contributed by atoms with Gasteiger partial charge in [-0.1, -0.05) is 12.1 Å². The molecular weight excluding hydrogens is 378 g/mol. The van der Waals surface area contributed by atoms with Gasteiger partial charge >= 0.3 is 0 Å². The molecule has 0 aliphatic rings. The lowest BCUT2D eigenvalue weighted by Gasteiger charge is -2.04. The topological polar surface area (TPSA) is 97.4 Å².